The number of ether oxygens (including phenoxy) is 2. The largest absolute Gasteiger partial charge is 0.346 e. The summed E-state index contributed by atoms with van der Waals surface area (Å²) in [5.74, 6) is 0. The van der Waals surface area contributed by atoms with E-state index in [1.165, 1.54) is 0 Å². The summed E-state index contributed by atoms with van der Waals surface area (Å²) in [6, 6.07) is 0. The van der Waals surface area contributed by atoms with Crippen molar-refractivity contribution in [2.45, 2.75) is 26.4 Å². The van der Waals surface area contributed by atoms with Crippen molar-refractivity contribution in [3.63, 3.8) is 0 Å². The highest BCUT2D eigenvalue weighted by atomic mass is 17.3. The summed E-state index contributed by atoms with van der Waals surface area (Å²) in [4.78, 5) is 9.18. The summed E-state index contributed by atoms with van der Waals surface area (Å²) in [5.41, 5.74) is 0. The molecule has 0 spiro atoms. The molecule has 2 unspecified atom stereocenters. The van der Waals surface area contributed by atoms with Gasteiger partial charge in [0.05, 0.1) is 0 Å². The fourth-order valence-corrected chi connectivity index (χ4v) is 0.688. The van der Waals surface area contributed by atoms with Gasteiger partial charge in [0.1, 0.15) is 0 Å². The van der Waals surface area contributed by atoms with E-state index >= 15 is 0 Å². The Morgan fingerprint density at radius 2 is 1.40 bits per heavy atom. The molecule has 0 aromatic carbocycles. The minimum Gasteiger partial charge on any atom is -0.346 e. The molecule has 0 saturated carbocycles. The molecule has 0 N–H and O–H groups in total. The average Bonchev–Trinajstić information content (AvgIpc) is 1.93. The summed E-state index contributed by atoms with van der Waals surface area (Å²) in [7, 11) is 0. The van der Waals surface area contributed by atoms with Gasteiger partial charge in [-0.25, -0.2) is 0 Å². The molecule has 0 bridgehead atoms. The number of hydrogen-bond donors (Lipinski definition) is 0. The van der Waals surface area contributed by atoms with Gasteiger partial charge in [-0.2, -0.15) is 9.78 Å². The predicted octanol–water partition coefficient (Wildman–Crippen LogP) is 0.673. The standard InChI is InChI=1S/C6H12O4/c1-3-7-5-6(8-4-2)10-9-5/h5-6H,3-4H2,1-2H3. The second kappa shape index (κ2) is 3.88. The molecule has 4 heteroatoms. The minimum atomic E-state index is -0.329. The highest BCUT2D eigenvalue weighted by Crippen LogP contribution is 2.18. The fourth-order valence-electron chi connectivity index (χ4n) is 0.688. The van der Waals surface area contributed by atoms with Gasteiger partial charge in [0.2, 0.25) is 12.6 Å². The maximum absolute atomic E-state index is 5.07. The lowest BCUT2D eigenvalue weighted by atomic mass is 10.5. The van der Waals surface area contributed by atoms with Crippen molar-refractivity contribution < 1.29 is 19.2 Å². The first-order valence-corrected chi connectivity index (χ1v) is 3.43. The Morgan fingerprint density at radius 1 is 1.00 bits per heavy atom. The van der Waals surface area contributed by atoms with Gasteiger partial charge in [-0.05, 0) is 13.8 Å². The van der Waals surface area contributed by atoms with Crippen molar-refractivity contribution in [1.82, 2.24) is 0 Å². The zero-order valence-corrected chi connectivity index (χ0v) is 6.20. The maximum Gasteiger partial charge on any atom is 0.246 e. The van der Waals surface area contributed by atoms with Crippen LogP contribution >= 0.6 is 0 Å². The summed E-state index contributed by atoms with van der Waals surface area (Å²) < 4.78 is 10.1. The SMILES string of the molecule is CCOC1OOC1OCC. The molecule has 1 saturated heterocycles. The van der Waals surface area contributed by atoms with E-state index in [1.807, 2.05) is 13.8 Å². The molecular weight excluding hydrogens is 136 g/mol. The van der Waals surface area contributed by atoms with Gasteiger partial charge in [0.15, 0.2) is 0 Å². The van der Waals surface area contributed by atoms with Crippen LogP contribution in [0.4, 0.5) is 0 Å². The lowest BCUT2D eigenvalue weighted by Crippen LogP contribution is -2.46. The molecule has 60 valence electrons. The first-order valence-electron chi connectivity index (χ1n) is 3.43. The van der Waals surface area contributed by atoms with Crippen molar-refractivity contribution in [2.24, 2.45) is 0 Å². The van der Waals surface area contributed by atoms with E-state index in [0.717, 1.165) is 0 Å². The van der Waals surface area contributed by atoms with Crippen molar-refractivity contribution in [3.05, 3.63) is 0 Å². The van der Waals surface area contributed by atoms with Crippen LogP contribution in [-0.4, -0.2) is 25.8 Å². The average molecular weight is 148 g/mol. The zero-order valence-electron chi connectivity index (χ0n) is 6.20. The normalized spacial score (nSPS) is 31.8. The number of rotatable bonds is 4. The Balaban J connectivity index is 2.09. The molecule has 4 nitrogen and oxygen atoms in total. The topological polar surface area (TPSA) is 36.9 Å². The van der Waals surface area contributed by atoms with Gasteiger partial charge in [0, 0.05) is 13.2 Å². The first-order chi connectivity index (χ1) is 4.88. The maximum atomic E-state index is 5.07. The second-order valence-corrected chi connectivity index (χ2v) is 1.84. The van der Waals surface area contributed by atoms with Crippen LogP contribution in [0.1, 0.15) is 13.8 Å². The Labute approximate surface area is 59.9 Å². The van der Waals surface area contributed by atoms with Crippen LogP contribution in [0.15, 0.2) is 0 Å². The highest BCUT2D eigenvalue weighted by Gasteiger charge is 2.36. The van der Waals surface area contributed by atoms with Crippen LogP contribution in [0, 0.1) is 0 Å². The van der Waals surface area contributed by atoms with E-state index in [2.05, 4.69) is 9.78 Å². The third-order valence-electron chi connectivity index (χ3n) is 1.13. The number of hydrogen-bond acceptors (Lipinski definition) is 4. The quantitative estimate of drug-likeness (QED) is 0.549. The van der Waals surface area contributed by atoms with Crippen molar-refractivity contribution in [1.29, 1.82) is 0 Å². The Morgan fingerprint density at radius 3 is 1.60 bits per heavy atom. The van der Waals surface area contributed by atoms with Crippen LogP contribution in [0.25, 0.3) is 0 Å². The molecular formula is C6H12O4. The second-order valence-electron chi connectivity index (χ2n) is 1.84. The Kier molecular flexibility index (Phi) is 3.08. The molecule has 1 aliphatic heterocycles. The zero-order chi connectivity index (χ0) is 7.40. The third-order valence-corrected chi connectivity index (χ3v) is 1.13. The molecule has 0 aromatic heterocycles. The molecule has 1 fully saturated rings. The van der Waals surface area contributed by atoms with Crippen LogP contribution in [-0.2, 0) is 19.2 Å². The summed E-state index contributed by atoms with van der Waals surface area (Å²) in [6.07, 6.45) is -0.658. The lowest BCUT2D eigenvalue weighted by molar-refractivity contribution is -0.565. The van der Waals surface area contributed by atoms with Crippen LogP contribution < -0.4 is 0 Å². The molecule has 0 aromatic rings. The van der Waals surface area contributed by atoms with Gasteiger partial charge in [-0.1, -0.05) is 0 Å². The summed E-state index contributed by atoms with van der Waals surface area (Å²) >= 11 is 0. The first kappa shape index (κ1) is 7.94. The molecule has 1 aliphatic rings. The van der Waals surface area contributed by atoms with Crippen molar-refractivity contribution in [3.8, 4) is 0 Å². The van der Waals surface area contributed by atoms with Crippen molar-refractivity contribution >= 4 is 0 Å². The monoisotopic (exact) mass is 148 g/mol. The van der Waals surface area contributed by atoms with Gasteiger partial charge < -0.3 is 9.47 Å². The van der Waals surface area contributed by atoms with Gasteiger partial charge in [-0.3, -0.25) is 0 Å². The van der Waals surface area contributed by atoms with E-state index in [0.29, 0.717) is 13.2 Å². The fraction of sp³-hybridized carbons (Fsp3) is 1.00. The molecule has 1 heterocycles. The van der Waals surface area contributed by atoms with Crippen molar-refractivity contribution in [2.75, 3.05) is 13.2 Å². The van der Waals surface area contributed by atoms with Crippen LogP contribution in [0.2, 0.25) is 0 Å². The smallest absolute Gasteiger partial charge is 0.246 e. The van der Waals surface area contributed by atoms with Gasteiger partial charge in [0.25, 0.3) is 0 Å². The summed E-state index contributed by atoms with van der Waals surface area (Å²) in [5, 5.41) is 0. The predicted molar refractivity (Wildman–Crippen MR) is 33.0 cm³/mol. The molecule has 0 radical (unpaired) electrons. The minimum absolute atomic E-state index is 0.329. The molecule has 0 amide bonds. The molecule has 0 aliphatic carbocycles. The van der Waals surface area contributed by atoms with Crippen LogP contribution in [0.3, 0.4) is 0 Å². The van der Waals surface area contributed by atoms with E-state index in [4.69, 9.17) is 9.47 Å². The molecule has 2 atom stereocenters. The van der Waals surface area contributed by atoms with E-state index < -0.39 is 0 Å². The molecule has 1 rings (SSSR count). The van der Waals surface area contributed by atoms with Crippen LogP contribution in [0.5, 0.6) is 0 Å². The highest BCUT2D eigenvalue weighted by molar-refractivity contribution is 4.52. The van der Waals surface area contributed by atoms with Gasteiger partial charge >= 0.3 is 0 Å². The van der Waals surface area contributed by atoms with Gasteiger partial charge in [-0.15, -0.1) is 0 Å². The summed E-state index contributed by atoms with van der Waals surface area (Å²) in [6.45, 7) is 5.00. The Hall–Kier alpha value is -0.160. The lowest BCUT2D eigenvalue weighted by Gasteiger charge is -2.32. The molecule has 10 heavy (non-hydrogen) atoms. The van der Waals surface area contributed by atoms with E-state index in [-0.39, 0.29) is 12.6 Å². The Bertz CT molecular complexity index is 83.7. The van der Waals surface area contributed by atoms with E-state index in [9.17, 15) is 0 Å². The third kappa shape index (κ3) is 1.67. The van der Waals surface area contributed by atoms with E-state index in [1.54, 1.807) is 0 Å².